The largest absolute Gasteiger partial charge is 0.377 e. The highest BCUT2D eigenvalue weighted by atomic mass is 35.5. The summed E-state index contributed by atoms with van der Waals surface area (Å²) < 4.78 is 61.9. The van der Waals surface area contributed by atoms with Crippen LogP contribution in [0.4, 0.5) is 0 Å². The molecular weight excluding hydrogens is 496 g/mol. The molecule has 2 aromatic carbocycles. The first kappa shape index (κ1) is 25.6. The predicted molar refractivity (Wildman–Crippen MR) is 132 cm³/mol. The van der Waals surface area contributed by atoms with Crippen molar-refractivity contribution < 1.29 is 21.6 Å². The summed E-state index contributed by atoms with van der Waals surface area (Å²) in [6.45, 7) is 3.94. The fourth-order valence-corrected chi connectivity index (χ4v) is 7.77. The van der Waals surface area contributed by atoms with Crippen molar-refractivity contribution in [3.63, 3.8) is 0 Å². The van der Waals surface area contributed by atoms with E-state index in [1.165, 1.54) is 32.9 Å². The van der Waals surface area contributed by atoms with E-state index in [0.29, 0.717) is 36.2 Å². The molecule has 10 heteroatoms. The number of hydrogen-bond donors (Lipinski definition) is 0. The van der Waals surface area contributed by atoms with Crippen molar-refractivity contribution in [3.05, 3.63) is 59.1 Å². The minimum absolute atomic E-state index is 0.0449. The van der Waals surface area contributed by atoms with Gasteiger partial charge in [-0.05, 0) is 67.5 Å². The Morgan fingerprint density at radius 2 is 1.71 bits per heavy atom. The molecular formula is C24H31ClN2O5S2. The summed E-state index contributed by atoms with van der Waals surface area (Å²) in [5.74, 6) is 0.305. The van der Waals surface area contributed by atoms with E-state index in [0.717, 1.165) is 25.7 Å². The lowest BCUT2D eigenvalue weighted by atomic mass is 10.0. The predicted octanol–water partition coefficient (Wildman–Crippen LogP) is 4.13. The molecule has 2 aromatic rings. The molecule has 0 aromatic heterocycles. The molecule has 0 bridgehead atoms. The molecule has 2 saturated heterocycles. The van der Waals surface area contributed by atoms with Gasteiger partial charge in [0.1, 0.15) is 0 Å². The van der Waals surface area contributed by atoms with Crippen LogP contribution in [0.2, 0.25) is 5.02 Å². The number of benzene rings is 2. The third-order valence-corrected chi connectivity index (χ3v) is 10.5. The fraction of sp³-hybridized carbons (Fsp3) is 0.500. The minimum atomic E-state index is -3.91. The van der Waals surface area contributed by atoms with E-state index in [2.05, 4.69) is 0 Å². The summed E-state index contributed by atoms with van der Waals surface area (Å²) >= 11 is 6.31. The van der Waals surface area contributed by atoms with Gasteiger partial charge in [0.2, 0.25) is 20.0 Å². The molecule has 2 aliphatic rings. The standard InChI is InChI=1S/C24H31ClN2O5S2/c1-19-6-4-14-26(16-19)33(28,29)22-10-12-23(13-11-22)34(30,31)27(18-21-8-5-15-32-21)17-20-7-2-3-9-24(20)25/h2-3,7,9-13,19,21H,4-6,8,14-18H2,1H3/t19-,21+/m1/s1. The molecule has 2 aliphatic heterocycles. The fourth-order valence-electron chi connectivity index (χ4n) is 4.53. The van der Waals surface area contributed by atoms with Gasteiger partial charge in [-0.2, -0.15) is 8.61 Å². The smallest absolute Gasteiger partial charge is 0.243 e. The second-order valence-electron chi connectivity index (χ2n) is 9.11. The van der Waals surface area contributed by atoms with Crippen LogP contribution in [-0.2, 0) is 31.3 Å². The molecule has 34 heavy (non-hydrogen) atoms. The first-order valence-electron chi connectivity index (χ1n) is 11.6. The molecule has 0 radical (unpaired) electrons. The summed E-state index contributed by atoms with van der Waals surface area (Å²) in [6.07, 6.45) is 3.34. The first-order chi connectivity index (χ1) is 16.2. The van der Waals surface area contributed by atoms with Crippen LogP contribution in [0.3, 0.4) is 0 Å². The molecule has 186 valence electrons. The highest BCUT2D eigenvalue weighted by Crippen LogP contribution is 2.28. The summed E-state index contributed by atoms with van der Waals surface area (Å²) in [6, 6.07) is 12.7. The van der Waals surface area contributed by atoms with E-state index in [4.69, 9.17) is 16.3 Å². The Hall–Kier alpha value is -1.49. The molecule has 0 N–H and O–H groups in total. The van der Waals surface area contributed by atoms with E-state index in [1.807, 2.05) is 13.0 Å². The quantitative estimate of drug-likeness (QED) is 0.516. The van der Waals surface area contributed by atoms with Crippen LogP contribution in [0.25, 0.3) is 0 Å². The van der Waals surface area contributed by atoms with E-state index in [9.17, 15) is 16.8 Å². The molecule has 0 amide bonds. The minimum Gasteiger partial charge on any atom is -0.377 e. The van der Waals surface area contributed by atoms with Gasteiger partial charge in [-0.15, -0.1) is 0 Å². The van der Waals surface area contributed by atoms with Crippen LogP contribution in [0.1, 0.15) is 38.2 Å². The highest BCUT2D eigenvalue weighted by Gasteiger charge is 2.32. The second-order valence-corrected chi connectivity index (χ2v) is 13.4. The van der Waals surface area contributed by atoms with Gasteiger partial charge in [0.25, 0.3) is 0 Å². The molecule has 2 atom stereocenters. The highest BCUT2D eigenvalue weighted by molar-refractivity contribution is 7.89. The van der Waals surface area contributed by atoms with Crippen LogP contribution in [0.5, 0.6) is 0 Å². The summed E-state index contributed by atoms with van der Waals surface area (Å²) in [5.41, 5.74) is 0.698. The van der Waals surface area contributed by atoms with Crippen molar-refractivity contribution in [1.29, 1.82) is 0 Å². The average Bonchev–Trinajstić information content (AvgIpc) is 3.33. The van der Waals surface area contributed by atoms with E-state index in [1.54, 1.807) is 18.2 Å². The maximum absolute atomic E-state index is 13.6. The Morgan fingerprint density at radius 3 is 2.35 bits per heavy atom. The molecule has 2 heterocycles. The second kappa shape index (κ2) is 10.6. The summed E-state index contributed by atoms with van der Waals surface area (Å²) in [5, 5.41) is 0.493. The SMILES string of the molecule is C[C@@H]1CCCN(S(=O)(=O)c2ccc(S(=O)(=O)N(Cc3ccccc3Cl)C[C@@H]3CCCO3)cc2)C1. The van der Waals surface area contributed by atoms with Crippen molar-refractivity contribution in [3.8, 4) is 0 Å². The number of ether oxygens (including phenoxy) is 1. The Labute approximate surface area is 207 Å². The van der Waals surface area contributed by atoms with Gasteiger partial charge in [0.05, 0.1) is 15.9 Å². The van der Waals surface area contributed by atoms with Crippen molar-refractivity contribution in [1.82, 2.24) is 8.61 Å². The average molecular weight is 527 g/mol. The third kappa shape index (κ3) is 5.66. The van der Waals surface area contributed by atoms with Gasteiger partial charge >= 0.3 is 0 Å². The lowest BCUT2D eigenvalue weighted by molar-refractivity contribution is 0.0926. The molecule has 0 unspecified atom stereocenters. The van der Waals surface area contributed by atoms with Crippen molar-refractivity contribution in [2.45, 2.75) is 55.0 Å². The molecule has 4 rings (SSSR count). The van der Waals surface area contributed by atoms with Crippen molar-refractivity contribution >= 4 is 31.6 Å². The van der Waals surface area contributed by atoms with Crippen LogP contribution >= 0.6 is 11.6 Å². The summed E-state index contributed by atoms with van der Waals surface area (Å²) in [4.78, 5) is 0.154. The lowest BCUT2D eigenvalue weighted by Crippen LogP contribution is -2.39. The van der Waals surface area contributed by atoms with Gasteiger partial charge in [0, 0.05) is 37.8 Å². The Morgan fingerprint density at radius 1 is 1.00 bits per heavy atom. The van der Waals surface area contributed by atoms with Crippen LogP contribution in [0.15, 0.2) is 58.3 Å². The Kier molecular flexibility index (Phi) is 8.01. The third-order valence-electron chi connectivity index (χ3n) is 6.45. The van der Waals surface area contributed by atoms with E-state index in [-0.39, 0.29) is 29.0 Å². The van der Waals surface area contributed by atoms with Gasteiger partial charge in [-0.25, -0.2) is 16.8 Å². The normalized spacial score (nSPS) is 22.3. The molecule has 7 nitrogen and oxygen atoms in total. The number of hydrogen-bond acceptors (Lipinski definition) is 5. The zero-order valence-electron chi connectivity index (χ0n) is 19.3. The molecule has 2 fully saturated rings. The van der Waals surface area contributed by atoms with E-state index >= 15 is 0 Å². The molecule has 0 aliphatic carbocycles. The number of sulfonamides is 2. The van der Waals surface area contributed by atoms with Gasteiger partial charge in [0.15, 0.2) is 0 Å². The number of halogens is 1. The van der Waals surface area contributed by atoms with Gasteiger partial charge in [-0.3, -0.25) is 0 Å². The Balaban J connectivity index is 1.60. The van der Waals surface area contributed by atoms with Gasteiger partial charge in [-0.1, -0.05) is 36.7 Å². The van der Waals surface area contributed by atoms with Crippen LogP contribution in [0, 0.1) is 5.92 Å². The number of nitrogens with zero attached hydrogens (tertiary/aromatic N) is 2. The van der Waals surface area contributed by atoms with Crippen molar-refractivity contribution in [2.75, 3.05) is 26.2 Å². The number of rotatable bonds is 8. The molecule has 0 spiro atoms. The first-order valence-corrected chi connectivity index (χ1v) is 14.9. The number of piperidine rings is 1. The van der Waals surface area contributed by atoms with Crippen molar-refractivity contribution in [2.24, 2.45) is 5.92 Å². The lowest BCUT2D eigenvalue weighted by Gasteiger charge is -2.30. The Bertz CT molecular complexity index is 1200. The van der Waals surface area contributed by atoms with Crippen LogP contribution < -0.4 is 0 Å². The van der Waals surface area contributed by atoms with Crippen LogP contribution in [-0.4, -0.2) is 57.8 Å². The maximum Gasteiger partial charge on any atom is 0.243 e. The van der Waals surface area contributed by atoms with Gasteiger partial charge < -0.3 is 4.74 Å². The van der Waals surface area contributed by atoms with E-state index < -0.39 is 20.0 Å². The summed E-state index contributed by atoms with van der Waals surface area (Å²) in [7, 11) is -7.58. The zero-order chi connectivity index (χ0) is 24.3. The topological polar surface area (TPSA) is 84.0 Å². The monoisotopic (exact) mass is 526 g/mol. The zero-order valence-corrected chi connectivity index (χ0v) is 21.7. The maximum atomic E-state index is 13.6. The molecule has 0 saturated carbocycles.